The predicted molar refractivity (Wildman–Crippen MR) is 205 cm³/mol. The second kappa shape index (κ2) is 18.4. The number of ether oxygens (including phenoxy) is 2. The number of benzene rings is 3. The summed E-state index contributed by atoms with van der Waals surface area (Å²) in [4.78, 5) is 31.0. The molecule has 2 heterocycles. The number of hydrogen-bond donors (Lipinski definition) is 3. The zero-order valence-corrected chi connectivity index (χ0v) is 32.1. The smallest absolute Gasteiger partial charge is 0.249 e. The standard InChI is InChI=1S/C41H56FN3O6Si/c1-5-50-34-17-18-36-32(25-34)26-35(43-20-9-10-22-46)41(49)45(36)33-15-11-14-30(24-33)16-19-37-29(2)40(52(3,4)42)38(51-37)27-39(48)44(21-23-47)28-31-12-7-6-8-13-31/h6-8,11-15,17-18,24-25,29,35,37-38,40,43,46-47H,5,9-10,16,19-23,26-28H2,1-4H3/t29-,35?,37+,38-,40+/m1/s1. The van der Waals surface area contributed by atoms with Gasteiger partial charge in [-0.1, -0.05) is 49.4 Å². The van der Waals surface area contributed by atoms with Crippen LogP contribution in [0.1, 0.15) is 56.2 Å². The van der Waals surface area contributed by atoms with Gasteiger partial charge in [-0.15, -0.1) is 0 Å². The van der Waals surface area contributed by atoms with E-state index >= 15 is 4.11 Å². The van der Waals surface area contributed by atoms with E-state index in [9.17, 15) is 19.8 Å². The summed E-state index contributed by atoms with van der Waals surface area (Å²) < 4.78 is 28.3. The Morgan fingerprint density at radius 2 is 1.79 bits per heavy atom. The monoisotopic (exact) mass is 733 g/mol. The van der Waals surface area contributed by atoms with Crippen LogP contribution in [-0.2, 0) is 33.7 Å². The topological polar surface area (TPSA) is 112 Å². The van der Waals surface area contributed by atoms with Crippen molar-refractivity contribution >= 4 is 31.6 Å². The number of aryl methyl sites for hydroxylation is 1. The van der Waals surface area contributed by atoms with Gasteiger partial charge in [0.1, 0.15) is 5.75 Å². The summed E-state index contributed by atoms with van der Waals surface area (Å²) in [6.45, 7) is 9.13. The molecular weight excluding hydrogens is 678 g/mol. The number of halogens is 1. The molecule has 5 atom stereocenters. The van der Waals surface area contributed by atoms with Crippen LogP contribution in [0, 0.1) is 5.92 Å². The number of nitrogens with one attached hydrogen (secondary N) is 1. The summed E-state index contributed by atoms with van der Waals surface area (Å²) in [6.07, 6.45) is 2.62. The third-order valence-electron chi connectivity index (χ3n) is 10.4. The summed E-state index contributed by atoms with van der Waals surface area (Å²) in [5.41, 5.74) is 4.30. The summed E-state index contributed by atoms with van der Waals surface area (Å²) in [5, 5.41) is 22.4. The highest BCUT2D eigenvalue weighted by Gasteiger charge is 2.51. The number of unbranched alkanes of at least 4 members (excludes halogenated alkanes) is 1. The van der Waals surface area contributed by atoms with Gasteiger partial charge < -0.3 is 34.0 Å². The normalized spacial score (nSPS) is 21.6. The number of rotatable bonds is 18. The molecule has 0 aromatic heterocycles. The van der Waals surface area contributed by atoms with Gasteiger partial charge in [-0.25, -0.2) is 0 Å². The average molecular weight is 734 g/mol. The number of amides is 2. The Hall–Kier alpha value is -3.61. The van der Waals surface area contributed by atoms with Crippen molar-refractivity contribution in [1.29, 1.82) is 0 Å². The summed E-state index contributed by atoms with van der Waals surface area (Å²) >= 11 is 0. The maximum Gasteiger partial charge on any atom is 0.249 e. The Balaban J connectivity index is 1.31. The fourth-order valence-corrected chi connectivity index (χ4v) is 10.5. The van der Waals surface area contributed by atoms with Crippen molar-refractivity contribution in [3.8, 4) is 5.75 Å². The lowest BCUT2D eigenvalue weighted by atomic mass is 9.94. The number of carbonyl (C=O) groups excluding carboxylic acids is 2. The van der Waals surface area contributed by atoms with Crippen LogP contribution < -0.4 is 15.0 Å². The number of aliphatic hydroxyl groups excluding tert-OH is 2. The second-order valence-electron chi connectivity index (χ2n) is 14.6. The van der Waals surface area contributed by atoms with Crippen molar-refractivity contribution in [3.05, 3.63) is 89.5 Å². The van der Waals surface area contributed by atoms with Gasteiger partial charge in [0.05, 0.1) is 43.6 Å². The first-order valence-electron chi connectivity index (χ1n) is 18.8. The van der Waals surface area contributed by atoms with Gasteiger partial charge in [0, 0.05) is 30.9 Å². The molecule has 3 N–H and O–H groups in total. The van der Waals surface area contributed by atoms with E-state index in [1.54, 1.807) is 22.9 Å². The van der Waals surface area contributed by atoms with E-state index in [0.717, 1.165) is 40.2 Å². The molecule has 11 heteroatoms. The summed E-state index contributed by atoms with van der Waals surface area (Å²) in [5.74, 6) is 0.524. The molecule has 1 fully saturated rings. The molecule has 1 unspecified atom stereocenters. The fraction of sp³-hybridized carbons (Fsp3) is 0.512. The van der Waals surface area contributed by atoms with Crippen LogP contribution in [0.4, 0.5) is 15.5 Å². The van der Waals surface area contributed by atoms with Gasteiger partial charge in [-0.05, 0) is 112 Å². The molecule has 282 valence electrons. The minimum atomic E-state index is -3.21. The van der Waals surface area contributed by atoms with Crippen LogP contribution in [0.2, 0.25) is 18.6 Å². The molecular formula is C41H56FN3O6Si. The average Bonchev–Trinajstić information content (AvgIpc) is 3.44. The lowest BCUT2D eigenvalue weighted by molar-refractivity contribution is -0.135. The highest BCUT2D eigenvalue weighted by molar-refractivity contribution is 6.72. The number of hydrogen-bond acceptors (Lipinski definition) is 7. The van der Waals surface area contributed by atoms with Crippen molar-refractivity contribution in [2.75, 3.05) is 37.8 Å². The molecule has 3 aromatic rings. The maximum atomic E-state index is 15.9. The molecule has 5 rings (SSSR count). The van der Waals surface area contributed by atoms with Crippen molar-refractivity contribution in [3.63, 3.8) is 0 Å². The second-order valence-corrected chi connectivity index (χ2v) is 18.4. The van der Waals surface area contributed by atoms with Crippen LogP contribution in [-0.4, -0.2) is 86.5 Å². The summed E-state index contributed by atoms with van der Waals surface area (Å²) in [7, 11) is -3.21. The van der Waals surface area contributed by atoms with Crippen LogP contribution in [0.25, 0.3) is 0 Å². The number of anilines is 2. The Morgan fingerprint density at radius 1 is 1.02 bits per heavy atom. The highest BCUT2D eigenvalue weighted by atomic mass is 28.4. The number of fused-ring (bicyclic) bond motifs is 1. The Kier molecular flexibility index (Phi) is 14.0. The molecule has 3 aromatic carbocycles. The zero-order chi connectivity index (χ0) is 37.3. The molecule has 0 saturated carbocycles. The first-order valence-corrected chi connectivity index (χ1v) is 21.8. The summed E-state index contributed by atoms with van der Waals surface area (Å²) in [6, 6.07) is 23.1. The third kappa shape index (κ3) is 9.87. The minimum Gasteiger partial charge on any atom is -0.494 e. The van der Waals surface area contributed by atoms with Gasteiger partial charge in [-0.3, -0.25) is 14.5 Å². The van der Waals surface area contributed by atoms with Gasteiger partial charge in [-0.2, -0.15) is 0 Å². The largest absolute Gasteiger partial charge is 0.494 e. The maximum absolute atomic E-state index is 15.9. The quantitative estimate of drug-likeness (QED) is 0.0797. The van der Waals surface area contributed by atoms with Crippen LogP contribution in [0.3, 0.4) is 0 Å². The van der Waals surface area contributed by atoms with Crippen LogP contribution in [0.5, 0.6) is 5.75 Å². The first-order chi connectivity index (χ1) is 25.0. The fourth-order valence-electron chi connectivity index (χ4n) is 7.97. The van der Waals surface area contributed by atoms with Gasteiger partial charge >= 0.3 is 0 Å². The third-order valence-corrected chi connectivity index (χ3v) is 12.9. The highest BCUT2D eigenvalue weighted by Crippen LogP contribution is 2.47. The molecule has 2 amide bonds. The van der Waals surface area contributed by atoms with E-state index < -0.39 is 20.6 Å². The molecule has 9 nitrogen and oxygen atoms in total. The van der Waals surface area contributed by atoms with Crippen LogP contribution in [0.15, 0.2) is 72.8 Å². The van der Waals surface area contributed by atoms with Crippen molar-refractivity contribution in [2.45, 2.75) is 95.8 Å². The molecule has 2 aliphatic rings. The molecule has 0 aliphatic carbocycles. The van der Waals surface area contributed by atoms with Crippen molar-refractivity contribution in [1.82, 2.24) is 10.2 Å². The Morgan fingerprint density at radius 3 is 2.50 bits per heavy atom. The number of carbonyl (C=O) groups is 2. The molecule has 2 aliphatic heterocycles. The zero-order valence-electron chi connectivity index (χ0n) is 31.1. The predicted octanol–water partition coefficient (Wildman–Crippen LogP) is 6.33. The Bertz CT molecular complexity index is 1620. The van der Waals surface area contributed by atoms with E-state index in [1.807, 2.05) is 80.6 Å². The molecule has 0 spiro atoms. The van der Waals surface area contributed by atoms with Gasteiger partial charge in [0.2, 0.25) is 20.2 Å². The first kappa shape index (κ1) is 39.6. The molecule has 0 bridgehead atoms. The number of nitrogens with zero attached hydrogens (tertiary/aromatic N) is 2. The van der Waals surface area contributed by atoms with E-state index in [2.05, 4.69) is 11.4 Å². The SMILES string of the molecule is CCOc1ccc2c(c1)CC(NCCCCO)C(=O)N2c1cccc(CC[C@@H]2O[C@H](CC(=O)N(CCO)Cc3ccccc3)[C@@H]([Si](C)(C)F)[C@@H]2C)c1. The van der Waals surface area contributed by atoms with E-state index in [4.69, 9.17) is 9.47 Å². The van der Waals surface area contributed by atoms with E-state index in [0.29, 0.717) is 45.4 Å². The van der Waals surface area contributed by atoms with Crippen LogP contribution >= 0.6 is 0 Å². The molecule has 1 saturated heterocycles. The van der Waals surface area contributed by atoms with Crippen molar-refractivity contribution in [2.24, 2.45) is 5.92 Å². The number of aliphatic hydroxyl groups is 2. The van der Waals surface area contributed by atoms with Crippen molar-refractivity contribution < 1.29 is 33.4 Å². The molecule has 52 heavy (non-hydrogen) atoms. The van der Waals surface area contributed by atoms with Gasteiger partial charge in [0.15, 0.2) is 0 Å². The van der Waals surface area contributed by atoms with E-state index in [1.165, 1.54) is 0 Å². The minimum absolute atomic E-state index is 0.0291. The Labute approximate surface area is 309 Å². The lowest BCUT2D eigenvalue weighted by Crippen LogP contribution is -2.49. The lowest BCUT2D eigenvalue weighted by Gasteiger charge is -2.35. The molecule has 0 radical (unpaired) electrons. The van der Waals surface area contributed by atoms with Gasteiger partial charge in [0.25, 0.3) is 0 Å². The van der Waals surface area contributed by atoms with E-state index in [-0.39, 0.29) is 55.6 Å².